The van der Waals surface area contributed by atoms with Crippen LogP contribution in [-0.2, 0) is 17.8 Å². The number of para-hydroxylation sites is 2. The van der Waals surface area contributed by atoms with Crippen LogP contribution in [-0.4, -0.2) is 15.9 Å². The fourth-order valence-corrected chi connectivity index (χ4v) is 2.37. The molecule has 0 atom stereocenters. The first-order valence-electron chi connectivity index (χ1n) is 7.46. The third kappa shape index (κ3) is 3.52. The van der Waals surface area contributed by atoms with E-state index in [1.165, 1.54) is 11.1 Å². The van der Waals surface area contributed by atoms with Gasteiger partial charge in [-0.2, -0.15) is 0 Å². The zero-order valence-electron chi connectivity index (χ0n) is 12.6. The zero-order chi connectivity index (χ0) is 15.4. The lowest BCUT2D eigenvalue weighted by molar-refractivity contribution is -0.121. The van der Waals surface area contributed by atoms with Gasteiger partial charge in [-0.15, -0.1) is 0 Å². The van der Waals surface area contributed by atoms with Gasteiger partial charge in [-0.1, -0.05) is 42.0 Å². The van der Waals surface area contributed by atoms with Crippen LogP contribution in [0.4, 0.5) is 0 Å². The van der Waals surface area contributed by atoms with Gasteiger partial charge in [0.15, 0.2) is 0 Å². The maximum Gasteiger partial charge on any atom is 0.220 e. The lowest BCUT2D eigenvalue weighted by Gasteiger charge is -2.04. The normalized spacial score (nSPS) is 10.8. The molecule has 0 aliphatic rings. The Morgan fingerprint density at radius 1 is 1.14 bits per heavy atom. The first-order valence-corrected chi connectivity index (χ1v) is 7.46. The summed E-state index contributed by atoms with van der Waals surface area (Å²) < 4.78 is 0. The van der Waals surface area contributed by atoms with Crippen LogP contribution in [0.5, 0.6) is 0 Å². The molecule has 0 saturated heterocycles. The molecule has 2 aromatic carbocycles. The summed E-state index contributed by atoms with van der Waals surface area (Å²) in [4.78, 5) is 19.6. The molecule has 4 heteroatoms. The Hall–Kier alpha value is -2.62. The van der Waals surface area contributed by atoms with E-state index in [2.05, 4.69) is 46.5 Å². The molecule has 1 amide bonds. The fourth-order valence-electron chi connectivity index (χ4n) is 2.37. The molecule has 0 radical (unpaired) electrons. The highest BCUT2D eigenvalue weighted by molar-refractivity contribution is 5.77. The van der Waals surface area contributed by atoms with Gasteiger partial charge < -0.3 is 10.3 Å². The van der Waals surface area contributed by atoms with Crippen molar-refractivity contribution in [3.63, 3.8) is 0 Å². The number of aromatic amines is 1. The topological polar surface area (TPSA) is 57.8 Å². The van der Waals surface area contributed by atoms with E-state index < -0.39 is 0 Å². The highest BCUT2D eigenvalue weighted by atomic mass is 16.1. The second-order valence-corrected chi connectivity index (χ2v) is 5.46. The second kappa shape index (κ2) is 6.43. The van der Waals surface area contributed by atoms with Gasteiger partial charge in [0.05, 0.1) is 17.6 Å². The minimum absolute atomic E-state index is 0.0426. The third-order valence-corrected chi connectivity index (χ3v) is 3.65. The van der Waals surface area contributed by atoms with E-state index in [-0.39, 0.29) is 5.91 Å². The molecule has 0 fully saturated rings. The average molecular weight is 293 g/mol. The van der Waals surface area contributed by atoms with Gasteiger partial charge in [0.1, 0.15) is 5.82 Å². The van der Waals surface area contributed by atoms with Crippen molar-refractivity contribution >= 4 is 16.9 Å². The molecule has 112 valence electrons. The quantitative estimate of drug-likeness (QED) is 0.759. The molecule has 3 rings (SSSR count). The number of fused-ring (bicyclic) bond motifs is 1. The van der Waals surface area contributed by atoms with Gasteiger partial charge in [0.25, 0.3) is 0 Å². The van der Waals surface area contributed by atoms with Crippen molar-refractivity contribution < 1.29 is 4.79 Å². The molecule has 0 spiro atoms. The monoisotopic (exact) mass is 293 g/mol. The molecule has 2 N–H and O–H groups in total. The number of imidazole rings is 1. The number of carbonyl (C=O) groups excluding carboxylic acids is 1. The lowest BCUT2D eigenvalue weighted by Crippen LogP contribution is -2.23. The van der Waals surface area contributed by atoms with Gasteiger partial charge in [-0.25, -0.2) is 4.98 Å². The molecule has 0 bridgehead atoms. The highest BCUT2D eigenvalue weighted by Gasteiger charge is 2.05. The number of nitrogens with one attached hydrogen (secondary N) is 2. The number of rotatable bonds is 5. The second-order valence-electron chi connectivity index (χ2n) is 5.46. The molecule has 1 aromatic heterocycles. The van der Waals surface area contributed by atoms with Crippen molar-refractivity contribution in [2.75, 3.05) is 0 Å². The summed E-state index contributed by atoms with van der Waals surface area (Å²) in [5, 5.41) is 2.91. The Bertz CT molecular complexity index is 741. The molecule has 0 aliphatic heterocycles. The Morgan fingerprint density at radius 2 is 1.91 bits per heavy atom. The van der Waals surface area contributed by atoms with E-state index >= 15 is 0 Å². The molecule has 0 unspecified atom stereocenters. The van der Waals surface area contributed by atoms with Crippen LogP contribution in [0.25, 0.3) is 11.0 Å². The molecule has 3 aromatic rings. The van der Waals surface area contributed by atoms with Crippen molar-refractivity contribution in [2.45, 2.75) is 26.3 Å². The lowest BCUT2D eigenvalue weighted by atomic mass is 10.1. The van der Waals surface area contributed by atoms with Gasteiger partial charge in [0, 0.05) is 6.42 Å². The Morgan fingerprint density at radius 3 is 2.68 bits per heavy atom. The molecule has 22 heavy (non-hydrogen) atoms. The Kier molecular flexibility index (Phi) is 4.19. The third-order valence-electron chi connectivity index (χ3n) is 3.65. The maximum atomic E-state index is 11.9. The van der Waals surface area contributed by atoms with Crippen molar-refractivity contribution in [3.05, 3.63) is 65.5 Å². The van der Waals surface area contributed by atoms with Crippen LogP contribution < -0.4 is 5.32 Å². The van der Waals surface area contributed by atoms with E-state index in [4.69, 9.17) is 0 Å². The number of aryl methyl sites for hydroxylation is 2. The molecular formula is C18H19N3O. The molecular weight excluding hydrogens is 274 g/mol. The molecule has 0 aliphatic carbocycles. The molecule has 0 saturated carbocycles. The summed E-state index contributed by atoms with van der Waals surface area (Å²) in [6, 6.07) is 16.1. The van der Waals surface area contributed by atoms with E-state index in [0.29, 0.717) is 13.0 Å². The van der Waals surface area contributed by atoms with Crippen LogP contribution in [0.15, 0.2) is 48.5 Å². The largest absolute Gasteiger partial charge is 0.349 e. The Labute approximate surface area is 129 Å². The predicted octanol–water partition coefficient (Wildman–Crippen LogP) is 3.12. The fraction of sp³-hybridized carbons (Fsp3) is 0.222. The first-order chi connectivity index (χ1) is 10.7. The number of benzene rings is 2. The number of H-pyrrole nitrogens is 1. The smallest absolute Gasteiger partial charge is 0.220 e. The van der Waals surface area contributed by atoms with Crippen molar-refractivity contribution in [3.8, 4) is 0 Å². The van der Waals surface area contributed by atoms with Gasteiger partial charge >= 0.3 is 0 Å². The van der Waals surface area contributed by atoms with Gasteiger partial charge in [-0.3, -0.25) is 4.79 Å². The number of aromatic nitrogens is 2. The SMILES string of the molecule is Cc1ccc(CCC(=O)NCc2nc3ccccc3[nH]2)cc1. The number of amides is 1. The van der Waals surface area contributed by atoms with E-state index in [1.54, 1.807) is 0 Å². The van der Waals surface area contributed by atoms with Gasteiger partial charge in [0.2, 0.25) is 5.91 Å². The van der Waals surface area contributed by atoms with Crippen LogP contribution in [0, 0.1) is 6.92 Å². The minimum atomic E-state index is 0.0426. The zero-order valence-corrected chi connectivity index (χ0v) is 12.6. The van der Waals surface area contributed by atoms with Crippen LogP contribution >= 0.6 is 0 Å². The number of nitrogens with zero attached hydrogens (tertiary/aromatic N) is 1. The Balaban J connectivity index is 1.50. The summed E-state index contributed by atoms with van der Waals surface area (Å²) in [5.74, 6) is 0.825. The highest BCUT2D eigenvalue weighted by Crippen LogP contribution is 2.10. The van der Waals surface area contributed by atoms with Crippen LogP contribution in [0.3, 0.4) is 0 Å². The van der Waals surface area contributed by atoms with Crippen LogP contribution in [0.1, 0.15) is 23.4 Å². The molecule has 4 nitrogen and oxygen atoms in total. The van der Waals surface area contributed by atoms with Crippen LogP contribution in [0.2, 0.25) is 0 Å². The van der Waals surface area contributed by atoms with Crippen molar-refractivity contribution in [1.29, 1.82) is 0 Å². The van der Waals surface area contributed by atoms with E-state index in [9.17, 15) is 4.79 Å². The first kappa shape index (κ1) is 14.3. The summed E-state index contributed by atoms with van der Waals surface area (Å²) in [6.07, 6.45) is 1.25. The van der Waals surface area contributed by atoms with E-state index in [1.807, 2.05) is 24.3 Å². The van der Waals surface area contributed by atoms with Crippen molar-refractivity contribution in [1.82, 2.24) is 15.3 Å². The van der Waals surface area contributed by atoms with Crippen molar-refractivity contribution in [2.24, 2.45) is 0 Å². The number of hydrogen-bond acceptors (Lipinski definition) is 2. The summed E-state index contributed by atoms with van der Waals surface area (Å²) in [6.45, 7) is 2.49. The summed E-state index contributed by atoms with van der Waals surface area (Å²) >= 11 is 0. The maximum absolute atomic E-state index is 11.9. The summed E-state index contributed by atoms with van der Waals surface area (Å²) in [5.41, 5.74) is 4.33. The van der Waals surface area contributed by atoms with E-state index in [0.717, 1.165) is 23.3 Å². The summed E-state index contributed by atoms with van der Waals surface area (Å²) in [7, 11) is 0. The average Bonchev–Trinajstić information content (AvgIpc) is 2.95. The van der Waals surface area contributed by atoms with Gasteiger partial charge in [-0.05, 0) is 31.0 Å². The minimum Gasteiger partial charge on any atom is -0.349 e. The number of carbonyl (C=O) groups is 1. The molecule has 1 heterocycles. The standard InChI is InChI=1S/C18H19N3O/c1-13-6-8-14(9-7-13)10-11-18(22)19-12-17-20-15-4-2-3-5-16(15)21-17/h2-9H,10-12H2,1H3,(H,19,22)(H,20,21). The predicted molar refractivity (Wildman–Crippen MR) is 87.4 cm³/mol. The number of hydrogen-bond donors (Lipinski definition) is 2.